The lowest BCUT2D eigenvalue weighted by Gasteiger charge is -2.35. The van der Waals surface area contributed by atoms with Crippen LogP contribution in [0.15, 0.2) is 18.2 Å². The van der Waals surface area contributed by atoms with Crippen molar-refractivity contribution in [3.63, 3.8) is 0 Å². The number of hydrogen-bond acceptors (Lipinski definition) is 5. The summed E-state index contributed by atoms with van der Waals surface area (Å²) in [6.07, 6.45) is 1.80. The molecule has 0 unspecified atom stereocenters. The minimum Gasteiger partial charge on any atom is -0.367 e. The monoisotopic (exact) mass is 334 g/mol. The summed E-state index contributed by atoms with van der Waals surface area (Å²) in [5.41, 5.74) is 2.28. The molecule has 7 heteroatoms. The SMILES string of the molecule is Cc1ccc(F)c(N2CCC[C@@H](NC(=O)c3snnc3C)C2)c1. The Hall–Kier alpha value is -2.02. The van der Waals surface area contributed by atoms with Crippen LogP contribution in [0.3, 0.4) is 0 Å². The Morgan fingerprint density at radius 2 is 2.26 bits per heavy atom. The summed E-state index contributed by atoms with van der Waals surface area (Å²) in [6.45, 7) is 5.13. The first-order valence-electron chi connectivity index (χ1n) is 7.65. The minimum absolute atomic E-state index is 0.00216. The van der Waals surface area contributed by atoms with Gasteiger partial charge in [-0.25, -0.2) is 4.39 Å². The largest absolute Gasteiger partial charge is 0.367 e. The zero-order chi connectivity index (χ0) is 16.4. The second-order valence-electron chi connectivity index (χ2n) is 5.90. The van der Waals surface area contributed by atoms with Crippen molar-refractivity contribution in [1.82, 2.24) is 14.9 Å². The zero-order valence-corrected chi connectivity index (χ0v) is 14.0. The van der Waals surface area contributed by atoms with Gasteiger partial charge in [0.25, 0.3) is 5.91 Å². The number of benzene rings is 1. The first kappa shape index (κ1) is 15.9. The fraction of sp³-hybridized carbons (Fsp3) is 0.438. The summed E-state index contributed by atoms with van der Waals surface area (Å²) in [7, 11) is 0. The highest BCUT2D eigenvalue weighted by molar-refractivity contribution is 7.08. The molecule has 1 aromatic carbocycles. The normalized spacial score (nSPS) is 18.0. The summed E-state index contributed by atoms with van der Waals surface area (Å²) >= 11 is 1.10. The minimum atomic E-state index is -0.218. The van der Waals surface area contributed by atoms with Gasteiger partial charge in [-0.15, -0.1) is 5.10 Å². The lowest BCUT2D eigenvalue weighted by molar-refractivity contribution is 0.0936. The number of aryl methyl sites for hydroxylation is 2. The number of anilines is 1. The highest BCUT2D eigenvalue weighted by Crippen LogP contribution is 2.24. The van der Waals surface area contributed by atoms with E-state index >= 15 is 0 Å². The van der Waals surface area contributed by atoms with Crippen LogP contribution < -0.4 is 10.2 Å². The molecule has 0 saturated carbocycles. The first-order valence-corrected chi connectivity index (χ1v) is 8.43. The van der Waals surface area contributed by atoms with Crippen LogP contribution in [-0.2, 0) is 0 Å². The Labute approximate surface area is 138 Å². The number of carbonyl (C=O) groups is 1. The van der Waals surface area contributed by atoms with Crippen LogP contribution in [0.25, 0.3) is 0 Å². The van der Waals surface area contributed by atoms with E-state index in [1.165, 1.54) is 6.07 Å². The van der Waals surface area contributed by atoms with Crippen LogP contribution >= 0.6 is 11.5 Å². The Morgan fingerprint density at radius 1 is 1.43 bits per heavy atom. The summed E-state index contributed by atoms with van der Waals surface area (Å²) < 4.78 is 17.9. The number of nitrogens with zero attached hydrogens (tertiary/aromatic N) is 3. The zero-order valence-electron chi connectivity index (χ0n) is 13.2. The van der Waals surface area contributed by atoms with E-state index in [9.17, 15) is 9.18 Å². The summed E-state index contributed by atoms with van der Waals surface area (Å²) in [5.74, 6) is -0.362. The molecule has 5 nitrogen and oxygen atoms in total. The highest BCUT2D eigenvalue weighted by atomic mass is 32.1. The van der Waals surface area contributed by atoms with E-state index in [-0.39, 0.29) is 17.8 Å². The topological polar surface area (TPSA) is 58.1 Å². The maximum absolute atomic E-state index is 14.1. The van der Waals surface area contributed by atoms with E-state index in [0.29, 0.717) is 22.8 Å². The molecule has 1 aromatic heterocycles. The lowest BCUT2D eigenvalue weighted by atomic mass is 10.0. The summed E-state index contributed by atoms with van der Waals surface area (Å²) in [4.78, 5) is 14.8. The van der Waals surface area contributed by atoms with Gasteiger partial charge >= 0.3 is 0 Å². The molecule has 1 aliphatic rings. The second-order valence-corrected chi connectivity index (χ2v) is 6.66. The average molecular weight is 334 g/mol. The van der Waals surface area contributed by atoms with Gasteiger partial charge in [-0.1, -0.05) is 10.6 Å². The lowest BCUT2D eigenvalue weighted by Crippen LogP contribution is -2.48. The smallest absolute Gasteiger partial charge is 0.265 e. The van der Waals surface area contributed by atoms with Gasteiger partial charge in [-0.2, -0.15) is 0 Å². The number of hydrogen-bond donors (Lipinski definition) is 1. The molecule has 122 valence electrons. The Bertz CT molecular complexity index is 718. The van der Waals surface area contributed by atoms with Crippen molar-refractivity contribution in [3.8, 4) is 0 Å². The van der Waals surface area contributed by atoms with Crippen LogP contribution in [0.5, 0.6) is 0 Å². The van der Waals surface area contributed by atoms with Crippen LogP contribution in [0.1, 0.15) is 33.8 Å². The van der Waals surface area contributed by atoms with Gasteiger partial charge in [0.15, 0.2) is 0 Å². The number of nitrogens with one attached hydrogen (secondary N) is 1. The van der Waals surface area contributed by atoms with E-state index in [0.717, 1.165) is 36.5 Å². The maximum atomic E-state index is 14.1. The van der Waals surface area contributed by atoms with Crippen molar-refractivity contribution in [2.24, 2.45) is 0 Å². The standard InChI is InChI=1S/C16H19FN4OS/c1-10-5-6-13(17)14(8-10)21-7-3-4-12(9-21)18-16(22)15-11(2)19-20-23-15/h5-6,8,12H,3-4,7,9H2,1-2H3,(H,18,22)/t12-/m1/s1. The number of piperidine rings is 1. The van der Waals surface area contributed by atoms with E-state index in [4.69, 9.17) is 0 Å². The van der Waals surface area contributed by atoms with Crippen molar-refractivity contribution in [2.45, 2.75) is 32.7 Å². The molecule has 0 spiro atoms. The predicted molar refractivity (Wildman–Crippen MR) is 88.5 cm³/mol. The van der Waals surface area contributed by atoms with E-state index in [2.05, 4.69) is 14.9 Å². The number of amides is 1. The van der Waals surface area contributed by atoms with Gasteiger partial charge in [-0.3, -0.25) is 4.79 Å². The van der Waals surface area contributed by atoms with Gasteiger partial charge in [0, 0.05) is 19.1 Å². The number of halogens is 1. The molecule has 1 aliphatic heterocycles. The fourth-order valence-corrected chi connectivity index (χ4v) is 3.43. The van der Waals surface area contributed by atoms with Gasteiger partial charge in [0.05, 0.1) is 11.4 Å². The van der Waals surface area contributed by atoms with Crippen molar-refractivity contribution < 1.29 is 9.18 Å². The van der Waals surface area contributed by atoms with E-state index in [1.54, 1.807) is 13.0 Å². The Kier molecular flexibility index (Phi) is 4.56. The molecular weight excluding hydrogens is 315 g/mol. The molecule has 1 saturated heterocycles. The third kappa shape index (κ3) is 3.50. The molecule has 1 fully saturated rings. The Balaban J connectivity index is 1.70. The van der Waals surface area contributed by atoms with E-state index in [1.807, 2.05) is 17.9 Å². The van der Waals surface area contributed by atoms with Crippen LogP contribution in [0.2, 0.25) is 0 Å². The molecule has 3 rings (SSSR count). The third-order valence-electron chi connectivity index (χ3n) is 4.06. The number of rotatable bonds is 3. The van der Waals surface area contributed by atoms with Gasteiger partial charge < -0.3 is 10.2 Å². The maximum Gasteiger partial charge on any atom is 0.265 e. The Morgan fingerprint density at radius 3 is 3.00 bits per heavy atom. The van der Waals surface area contributed by atoms with Crippen LogP contribution in [-0.4, -0.2) is 34.6 Å². The van der Waals surface area contributed by atoms with Crippen LogP contribution in [0.4, 0.5) is 10.1 Å². The average Bonchev–Trinajstić information content (AvgIpc) is 2.96. The van der Waals surface area contributed by atoms with Gasteiger partial charge in [-0.05, 0) is 55.9 Å². The molecule has 2 heterocycles. The quantitative estimate of drug-likeness (QED) is 0.938. The van der Waals surface area contributed by atoms with Crippen LogP contribution in [0, 0.1) is 19.7 Å². The first-order chi connectivity index (χ1) is 11.0. The number of carbonyl (C=O) groups excluding carboxylic acids is 1. The molecule has 0 bridgehead atoms. The molecule has 1 atom stereocenters. The molecule has 2 aromatic rings. The molecule has 0 aliphatic carbocycles. The van der Waals surface area contributed by atoms with Gasteiger partial charge in [0.2, 0.25) is 0 Å². The fourth-order valence-electron chi connectivity index (χ4n) is 2.87. The molecular formula is C16H19FN4OS. The van der Waals surface area contributed by atoms with Crippen molar-refractivity contribution >= 4 is 23.1 Å². The summed E-state index contributed by atoms with van der Waals surface area (Å²) in [6, 6.07) is 5.12. The molecule has 1 amide bonds. The predicted octanol–water partition coefficient (Wildman–Crippen LogP) is 2.69. The van der Waals surface area contributed by atoms with Crippen molar-refractivity contribution in [1.29, 1.82) is 0 Å². The number of aromatic nitrogens is 2. The van der Waals surface area contributed by atoms with Crippen molar-refractivity contribution in [3.05, 3.63) is 40.2 Å². The molecule has 1 N–H and O–H groups in total. The van der Waals surface area contributed by atoms with Crippen molar-refractivity contribution in [2.75, 3.05) is 18.0 Å². The summed E-state index contributed by atoms with van der Waals surface area (Å²) in [5, 5.41) is 6.89. The molecule has 0 radical (unpaired) electrons. The molecule has 23 heavy (non-hydrogen) atoms. The second kappa shape index (κ2) is 6.62. The highest BCUT2D eigenvalue weighted by Gasteiger charge is 2.25. The third-order valence-corrected chi connectivity index (χ3v) is 4.88. The van der Waals surface area contributed by atoms with E-state index < -0.39 is 0 Å². The van der Waals surface area contributed by atoms with Gasteiger partial charge in [0.1, 0.15) is 10.7 Å².